The first kappa shape index (κ1) is 16.8. The second-order valence-electron chi connectivity index (χ2n) is 6.24. The molecule has 0 spiro atoms. The molecule has 1 heterocycles. The highest BCUT2D eigenvalue weighted by Gasteiger charge is 2.09. The molecular weight excluding hydrogens is 318 g/mol. The van der Waals surface area contributed by atoms with Gasteiger partial charge in [0.25, 0.3) is 0 Å². The molecule has 3 rings (SSSR count). The largest absolute Gasteiger partial charge is 0.372 e. The molecule has 0 atom stereocenters. The lowest BCUT2D eigenvalue weighted by Gasteiger charge is -2.23. The van der Waals surface area contributed by atoms with Crippen LogP contribution in [0.5, 0.6) is 0 Å². The van der Waals surface area contributed by atoms with Gasteiger partial charge in [0.05, 0.1) is 11.0 Å². The van der Waals surface area contributed by atoms with Gasteiger partial charge < -0.3 is 9.88 Å². The fraction of sp³-hybridized carbons (Fsp3) is 0.350. The minimum atomic E-state index is 0.755. The summed E-state index contributed by atoms with van der Waals surface area (Å²) in [5, 5.41) is 0.755. The Balaban J connectivity index is 1.90. The average molecular weight is 342 g/mol. The van der Waals surface area contributed by atoms with Gasteiger partial charge in [-0.2, -0.15) is 0 Å². The molecule has 1 aromatic heterocycles. The minimum Gasteiger partial charge on any atom is -0.372 e. The second kappa shape index (κ2) is 7.27. The van der Waals surface area contributed by atoms with Gasteiger partial charge in [-0.25, -0.2) is 4.98 Å². The van der Waals surface area contributed by atoms with E-state index < -0.39 is 0 Å². The zero-order chi connectivity index (χ0) is 17.1. The third kappa shape index (κ3) is 3.41. The van der Waals surface area contributed by atoms with Gasteiger partial charge in [-0.05, 0) is 61.7 Å². The SMILES string of the molecule is CCCN(CCC)c1ccc(-c2nc3cc(Cl)c(C)cc3[nH]2)cc1. The van der Waals surface area contributed by atoms with Gasteiger partial charge >= 0.3 is 0 Å². The summed E-state index contributed by atoms with van der Waals surface area (Å²) in [4.78, 5) is 10.5. The zero-order valence-corrected chi connectivity index (χ0v) is 15.3. The van der Waals surface area contributed by atoms with Crippen LogP contribution in [-0.4, -0.2) is 23.1 Å². The molecule has 0 saturated carbocycles. The van der Waals surface area contributed by atoms with Crippen LogP contribution in [0.1, 0.15) is 32.3 Å². The van der Waals surface area contributed by atoms with Crippen molar-refractivity contribution in [1.29, 1.82) is 0 Å². The fourth-order valence-corrected chi connectivity index (χ4v) is 3.17. The van der Waals surface area contributed by atoms with Crippen LogP contribution in [0.15, 0.2) is 36.4 Å². The molecular formula is C20H24ClN3. The predicted molar refractivity (Wildman–Crippen MR) is 104 cm³/mol. The van der Waals surface area contributed by atoms with Gasteiger partial charge in [0, 0.05) is 29.4 Å². The third-order valence-electron chi connectivity index (χ3n) is 4.26. The Kier molecular flexibility index (Phi) is 5.10. The maximum absolute atomic E-state index is 6.20. The van der Waals surface area contributed by atoms with Gasteiger partial charge in [0.1, 0.15) is 5.82 Å². The first-order chi connectivity index (χ1) is 11.6. The Bertz CT molecular complexity index is 776. The Hall–Kier alpha value is -2.00. The van der Waals surface area contributed by atoms with E-state index in [1.165, 1.54) is 5.69 Å². The molecule has 3 nitrogen and oxygen atoms in total. The van der Waals surface area contributed by atoms with Gasteiger partial charge in [-0.3, -0.25) is 0 Å². The number of halogens is 1. The first-order valence-corrected chi connectivity index (χ1v) is 9.01. The number of nitrogens with zero attached hydrogens (tertiary/aromatic N) is 2. The van der Waals surface area contributed by atoms with E-state index in [4.69, 9.17) is 11.6 Å². The van der Waals surface area contributed by atoms with Crippen LogP contribution < -0.4 is 4.90 Å². The molecule has 0 aliphatic carbocycles. The zero-order valence-electron chi connectivity index (χ0n) is 14.6. The van der Waals surface area contributed by atoms with Crippen LogP contribution in [-0.2, 0) is 0 Å². The molecule has 1 N–H and O–H groups in total. The molecule has 126 valence electrons. The Morgan fingerprint density at radius 1 is 1.04 bits per heavy atom. The van der Waals surface area contributed by atoms with Gasteiger partial charge in [-0.1, -0.05) is 25.4 Å². The first-order valence-electron chi connectivity index (χ1n) is 8.63. The number of imidazole rings is 1. The van der Waals surface area contributed by atoms with Crippen LogP contribution >= 0.6 is 11.6 Å². The van der Waals surface area contributed by atoms with Crippen molar-refractivity contribution in [3.8, 4) is 11.4 Å². The van der Waals surface area contributed by atoms with Crippen molar-refractivity contribution in [1.82, 2.24) is 9.97 Å². The number of hydrogen-bond donors (Lipinski definition) is 1. The molecule has 3 aromatic rings. The quantitative estimate of drug-likeness (QED) is 0.612. The molecule has 0 aliphatic rings. The summed E-state index contributed by atoms with van der Waals surface area (Å²) in [6.45, 7) is 8.63. The van der Waals surface area contributed by atoms with E-state index in [0.717, 1.165) is 58.9 Å². The number of fused-ring (bicyclic) bond motifs is 1. The van der Waals surface area contributed by atoms with E-state index in [2.05, 4.69) is 53.0 Å². The number of nitrogens with one attached hydrogen (secondary N) is 1. The summed E-state index contributed by atoms with van der Waals surface area (Å²) in [5.74, 6) is 0.885. The smallest absolute Gasteiger partial charge is 0.138 e. The summed E-state index contributed by atoms with van der Waals surface area (Å²) < 4.78 is 0. The Morgan fingerprint density at radius 2 is 1.71 bits per heavy atom. The summed E-state index contributed by atoms with van der Waals surface area (Å²) in [6, 6.07) is 12.6. The minimum absolute atomic E-state index is 0.755. The van der Waals surface area contributed by atoms with Crippen molar-refractivity contribution in [2.75, 3.05) is 18.0 Å². The topological polar surface area (TPSA) is 31.9 Å². The highest BCUT2D eigenvalue weighted by atomic mass is 35.5. The lowest BCUT2D eigenvalue weighted by molar-refractivity contribution is 0.745. The van der Waals surface area contributed by atoms with Gasteiger partial charge in [-0.15, -0.1) is 0 Å². The van der Waals surface area contributed by atoms with E-state index in [9.17, 15) is 0 Å². The molecule has 0 unspecified atom stereocenters. The number of benzene rings is 2. The maximum Gasteiger partial charge on any atom is 0.138 e. The number of hydrogen-bond acceptors (Lipinski definition) is 2. The number of aromatic nitrogens is 2. The molecule has 0 saturated heterocycles. The van der Waals surface area contributed by atoms with Crippen LogP contribution in [0.4, 0.5) is 5.69 Å². The number of aromatic amines is 1. The Morgan fingerprint density at radius 3 is 2.33 bits per heavy atom. The lowest BCUT2D eigenvalue weighted by atomic mass is 10.1. The molecule has 4 heteroatoms. The van der Waals surface area contributed by atoms with Crippen molar-refractivity contribution < 1.29 is 0 Å². The normalized spacial score (nSPS) is 11.2. The summed E-state index contributed by atoms with van der Waals surface area (Å²) >= 11 is 6.20. The molecule has 0 aliphatic heterocycles. The summed E-state index contributed by atoms with van der Waals surface area (Å²) in [5.41, 5.74) is 5.36. The predicted octanol–water partition coefficient (Wildman–Crippen LogP) is 5.82. The standard InChI is InChI=1S/C20H24ClN3/c1-4-10-24(11-5-2)16-8-6-15(7-9-16)20-22-18-12-14(3)17(21)13-19(18)23-20/h6-9,12-13H,4-5,10-11H2,1-3H3,(H,22,23). The van der Waals surface area contributed by atoms with E-state index in [-0.39, 0.29) is 0 Å². The van der Waals surface area contributed by atoms with Crippen LogP contribution in [0, 0.1) is 6.92 Å². The molecule has 0 radical (unpaired) electrons. The van der Waals surface area contributed by atoms with Crippen molar-refractivity contribution in [3.63, 3.8) is 0 Å². The van der Waals surface area contributed by atoms with E-state index in [1.807, 2.05) is 19.1 Å². The van der Waals surface area contributed by atoms with E-state index in [1.54, 1.807) is 0 Å². The maximum atomic E-state index is 6.20. The lowest BCUT2D eigenvalue weighted by Crippen LogP contribution is -2.24. The summed E-state index contributed by atoms with van der Waals surface area (Å²) in [6.07, 6.45) is 2.32. The molecule has 2 aromatic carbocycles. The molecule has 0 bridgehead atoms. The monoisotopic (exact) mass is 341 g/mol. The molecule has 0 amide bonds. The highest BCUT2D eigenvalue weighted by Crippen LogP contribution is 2.27. The van der Waals surface area contributed by atoms with Gasteiger partial charge in [0.2, 0.25) is 0 Å². The number of anilines is 1. The number of aryl methyl sites for hydroxylation is 1. The number of H-pyrrole nitrogens is 1. The second-order valence-corrected chi connectivity index (χ2v) is 6.65. The average Bonchev–Trinajstić information content (AvgIpc) is 2.98. The van der Waals surface area contributed by atoms with Crippen LogP contribution in [0.25, 0.3) is 22.4 Å². The number of rotatable bonds is 6. The fourth-order valence-electron chi connectivity index (χ4n) is 3.02. The van der Waals surface area contributed by atoms with Crippen LogP contribution in [0.3, 0.4) is 0 Å². The highest BCUT2D eigenvalue weighted by molar-refractivity contribution is 6.32. The van der Waals surface area contributed by atoms with Crippen LogP contribution in [0.2, 0.25) is 5.02 Å². The van der Waals surface area contributed by atoms with Gasteiger partial charge in [0.15, 0.2) is 0 Å². The van der Waals surface area contributed by atoms with Crippen molar-refractivity contribution >= 4 is 28.3 Å². The van der Waals surface area contributed by atoms with Crippen molar-refractivity contribution in [2.45, 2.75) is 33.6 Å². The molecule has 0 fully saturated rings. The van der Waals surface area contributed by atoms with E-state index in [0.29, 0.717) is 0 Å². The van der Waals surface area contributed by atoms with Crippen molar-refractivity contribution in [3.05, 3.63) is 47.0 Å². The third-order valence-corrected chi connectivity index (χ3v) is 4.66. The molecule has 24 heavy (non-hydrogen) atoms. The summed E-state index contributed by atoms with van der Waals surface area (Å²) in [7, 11) is 0. The van der Waals surface area contributed by atoms with E-state index >= 15 is 0 Å². The van der Waals surface area contributed by atoms with Crippen molar-refractivity contribution in [2.24, 2.45) is 0 Å². The Labute approximate surface area is 148 Å².